The number of fused-ring (bicyclic) bond motifs is 2. The van der Waals surface area contributed by atoms with Crippen molar-refractivity contribution in [3.05, 3.63) is 59.8 Å². The van der Waals surface area contributed by atoms with E-state index in [0.29, 0.717) is 18.5 Å². The summed E-state index contributed by atoms with van der Waals surface area (Å²) in [5.74, 6) is -0.00869. The number of hydrogen-bond acceptors (Lipinski definition) is 2. The summed E-state index contributed by atoms with van der Waals surface area (Å²) in [6.07, 6.45) is 3.34. The number of aromatic nitrogens is 1. The van der Waals surface area contributed by atoms with Crippen molar-refractivity contribution in [2.45, 2.75) is 33.2 Å². The first-order valence-electron chi connectivity index (χ1n) is 9.44. The third kappa shape index (κ3) is 3.10. The zero-order valence-corrected chi connectivity index (χ0v) is 15.7. The maximum Gasteiger partial charge on any atom is 0.255 e. The summed E-state index contributed by atoms with van der Waals surface area (Å²) < 4.78 is 2.17. The van der Waals surface area contributed by atoms with Crippen molar-refractivity contribution in [2.75, 3.05) is 16.8 Å². The molecular formula is C22H23N3O2. The Morgan fingerprint density at radius 2 is 1.93 bits per heavy atom. The first kappa shape index (κ1) is 17.3. The highest BCUT2D eigenvalue weighted by molar-refractivity contribution is 6.06. The standard InChI is InChI=1S/C22H23N3O2/c1-3-21(26)25-12-10-15-13-17(5-7-20(15)25)22(27)23-18-6-8-19-16(14-18)9-11-24(19)4-2/h5-9,11,13-14H,3-4,10,12H2,1-2H3,(H,23,27). The van der Waals surface area contributed by atoms with Gasteiger partial charge >= 0.3 is 0 Å². The first-order chi connectivity index (χ1) is 13.1. The van der Waals surface area contributed by atoms with Crippen LogP contribution in [0.4, 0.5) is 11.4 Å². The van der Waals surface area contributed by atoms with E-state index in [1.807, 2.05) is 42.2 Å². The quantitative estimate of drug-likeness (QED) is 0.757. The van der Waals surface area contributed by atoms with Gasteiger partial charge in [0.25, 0.3) is 5.91 Å². The van der Waals surface area contributed by atoms with Crippen molar-refractivity contribution < 1.29 is 9.59 Å². The van der Waals surface area contributed by atoms with E-state index in [-0.39, 0.29) is 11.8 Å². The normalized spacial score (nSPS) is 13.0. The fourth-order valence-electron chi connectivity index (χ4n) is 3.75. The smallest absolute Gasteiger partial charge is 0.255 e. The number of nitrogens with one attached hydrogen (secondary N) is 1. The average molecular weight is 361 g/mol. The Morgan fingerprint density at radius 1 is 1.07 bits per heavy atom. The van der Waals surface area contributed by atoms with Gasteiger partial charge in [-0.3, -0.25) is 9.59 Å². The molecule has 0 saturated heterocycles. The molecule has 5 heteroatoms. The van der Waals surface area contributed by atoms with E-state index < -0.39 is 0 Å². The molecule has 0 radical (unpaired) electrons. The SMILES string of the molecule is CCC(=O)N1CCc2cc(C(=O)Nc3ccc4c(ccn4CC)c3)ccc21. The van der Waals surface area contributed by atoms with Gasteiger partial charge in [0.05, 0.1) is 0 Å². The monoisotopic (exact) mass is 361 g/mol. The van der Waals surface area contributed by atoms with Crippen molar-refractivity contribution in [1.82, 2.24) is 4.57 Å². The lowest BCUT2D eigenvalue weighted by Crippen LogP contribution is -2.27. The fourth-order valence-corrected chi connectivity index (χ4v) is 3.75. The van der Waals surface area contributed by atoms with Crippen molar-refractivity contribution in [1.29, 1.82) is 0 Å². The van der Waals surface area contributed by atoms with Gasteiger partial charge < -0.3 is 14.8 Å². The minimum absolute atomic E-state index is 0.123. The predicted molar refractivity (Wildman–Crippen MR) is 108 cm³/mol. The third-order valence-electron chi connectivity index (χ3n) is 5.21. The Hall–Kier alpha value is -3.08. The number of anilines is 2. The summed E-state index contributed by atoms with van der Waals surface area (Å²) in [5.41, 5.74) is 4.55. The van der Waals surface area contributed by atoms with Crippen LogP contribution >= 0.6 is 0 Å². The highest BCUT2D eigenvalue weighted by atomic mass is 16.2. The second kappa shape index (κ2) is 6.91. The first-order valence-corrected chi connectivity index (χ1v) is 9.44. The van der Waals surface area contributed by atoms with Crippen LogP contribution in [-0.4, -0.2) is 22.9 Å². The van der Waals surface area contributed by atoms with Crippen LogP contribution < -0.4 is 10.2 Å². The second-order valence-electron chi connectivity index (χ2n) is 6.82. The maximum absolute atomic E-state index is 12.7. The molecule has 0 saturated carbocycles. The largest absolute Gasteiger partial charge is 0.348 e. The highest BCUT2D eigenvalue weighted by Crippen LogP contribution is 2.30. The molecule has 1 aromatic heterocycles. The molecule has 1 aliphatic heterocycles. The van der Waals surface area contributed by atoms with Crippen LogP contribution in [-0.2, 0) is 17.8 Å². The summed E-state index contributed by atoms with van der Waals surface area (Å²) in [4.78, 5) is 26.5. The molecule has 3 aromatic rings. The van der Waals surface area contributed by atoms with Gasteiger partial charge in [0, 0.05) is 53.5 Å². The number of aryl methyl sites for hydroxylation is 1. The van der Waals surface area contributed by atoms with Crippen LogP contribution in [0.15, 0.2) is 48.7 Å². The van der Waals surface area contributed by atoms with Crippen LogP contribution in [0, 0.1) is 0 Å². The molecule has 4 rings (SSSR count). The van der Waals surface area contributed by atoms with Gasteiger partial charge in [0.1, 0.15) is 0 Å². The topological polar surface area (TPSA) is 54.3 Å². The molecule has 27 heavy (non-hydrogen) atoms. The number of amides is 2. The van der Waals surface area contributed by atoms with E-state index in [4.69, 9.17) is 0 Å². The lowest BCUT2D eigenvalue weighted by atomic mass is 10.1. The molecule has 2 amide bonds. The second-order valence-corrected chi connectivity index (χ2v) is 6.82. The lowest BCUT2D eigenvalue weighted by molar-refractivity contribution is -0.118. The molecule has 2 aromatic carbocycles. The van der Waals surface area contributed by atoms with Gasteiger partial charge in [-0.25, -0.2) is 0 Å². The molecule has 1 aliphatic rings. The molecule has 0 atom stereocenters. The van der Waals surface area contributed by atoms with Gasteiger partial charge in [-0.1, -0.05) is 6.92 Å². The van der Waals surface area contributed by atoms with Gasteiger partial charge in [-0.2, -0.15) is 0 Å². The summed E-state index contributed by atoms with van der Waals surface area (Å²) in [6, 6.07) is 13.6. The number of rotatable bonds is 4. The van der Waals surface area contributed by atoms with Crippen molar-refractivity contribution in [2.24, 2.45) is 0 Å². The molecule has 0 spiro atoms. The Labute approximate surface area is 158 Å². The third-order valence-corrected chi connectivity index (χ3v) is 5.21. The highest BCUT2D eigenvalue weighted by Gasteiger charge is 2.24. The molecule has 1 N–H and O–H groups in total. The molecule has 138 valence electrons. The summed E-state index contributed by atoms with van der Waals surface area (Å²) in [5, 5.41) is 4.09. The Morgan fingerprint density at radius 3 is 2.70 bits per heavy atom. The van der Waals surface area contributed by atoms with E-state index in [1.54, 1.807) is 6.07 Å². The van der Waals surface area contributed by atoms with Crippen LogP contribution in [0.3, 0.4) is 0 Å². The van der Waals surface area contributed by atoms with E-state index in [2.05, 4.69) is 29.1 Å². The maximum atomic E-state index is 12.7. The number of benzene rings is 2. The summed E-state index contributed by atoms with van der Waals surface area (Å²) in [7, 11) is 0. The van der Waals surface area contributed by atoms with Gasteiger partial charge in [-0.15, -0.1) is 0 Å². The minimum atomic E-state index is -0.132. The Balaban J connectivity index is 1.54. The lowest BCUT2D eigenvalue weighted by Gasteiger charge is -2.16. The van der Waals surface area contributed by atoms with Crippen molar-refractivity contribution in [3.63, 3.8) is 0 Å². The summed E-state index contributed by atoms with van der Waals surface area (Å²) in [6.45, 7) is 5.59. The van der Waals surface area contributed by atoms with Crippen LogP contribution in [0.5, 0.6) is 0 Å². The zero-order valence-electron chi connectivity index (χ0n) is 15.7. The predicted octanol–water partition coefficient (Wildman–Crippen LogP) is 4.21. The minimum Gasteiger partial charge on any atom is -0.348 e. The van der Waals surface area contributed by atoms with Gasteiger partial charge in [-0.05, 0) is 61.4 Å². The van der Waals surface area contributed by atoms with Crippen LogP contribution in [0.25, 0.3) is 10.9 Å². The molecule has 2 heterocycles. The number of hydrogen-bond donors (Lipinski definition) is 1. The van der Waals surface area contributed by atoms with Crippen LogP contribution in [0.2, 0.25) is 0 Å². The van der Waals surface area contributed by atoms with E-state index in [1.165, 1.54) is 0 Å². The van der Waals surface area contributed by atoms with Crippen molar-refractivity contribution in [3.8, 4) is 0 Å². The summed E-state index contributed by atoms with van der Waals surface area (Å²) >= 11 is 0. The number of carbonyl (C=O) groups is 2. The average Bonchev–Trinajstić information content (AvgIpc) is 3.30. The molecule has 0 bridgehead atoms. The molecule has 0 unspecified atom stereocenters. The number of carbonyl (C=O) groups excluding carboxylic acids is 2. The fraction of sp³-hybridized carbons (Fsp3) is 0.273. The molecule has 0 aliphatic carbocycles. The number of nitrogens with zero attached hydrogens (tertiary/aromatic N) is 2. The van der Waals surface area contributed by atoms with Crippen molar-refractivity contribution >= 4 is 34.1 Å². The van der Waals surface area contributed by atoms with Crippen LogP contribution in [0.1, 0.15) is 36.2 Å². The molecule has 0 fully saturated rings. The zero-order chi connectivity index (χ0) is 19.0. The Kier molecular flexibility index (Phi) is 4.44. The van der Waals surface area contributed by atoms with Gasteiger partial charge in [0.2, 0.25) is 5.91 Å². The molecular weight excluding hydrogens is 338 g/mol. The van der Waals surface area contributed by atoms with E-state index in [9.17, 15) is 9.59 Å². The van der Waals surface area contributed by atoms with Gasteiger partial charge in [0.15, 0.2) is 0 Å². The Bertz CT molecular complexity index is 1040. The molecule has 5 nitrogen and oxygen atoms in total. The van der Waals surface area contributed by atoms with E-state index in [0.717, 1.165) is 40.8 Å². The van der Waals surface area contributed by atoms with E-state index >= 15 is 0 Å².